The molecular formula is C41H36O12. The first-order valence-electron chi connectivity index (χ1n) is 17.0. The molecule has 12 heteroatoms. The zero-order valence-electron chi connectivity index (χ0n) is 29.6. The topological polar surface area (TPSA) is 158 Å². The molecule has 0 atom stereocenters. The highest BCUT2D eigenvalue weighted by Gasteiger charge is 2.36. The fraction of sp³-hybridized carbons (Fsp3) is 0.268. The summed E-state index contributed by atoms with van der Waals surface area (Å²) in [6.45, 7) is 0. The van der Waals surface area contributed by atoms with Gasteiger partial charge in [-0.1, -0.05) is 19.3 Å². The molecule has 0 unspecified atom stereocenters. The van der Waals surface area contributed by atoms with Gasteiger partial charge in [-0.05, 0) is 73.5 Å². The highest BCUT2D eigenvalue weighted by atomic mass is 16.6. The van der Waals surface area contributed by atoms with Gasteiger partial charge < -0.3 is 28.4 Å². The third-order valence-corrected chi connectivity index (χ3v) is 9.25. The predicted octanol–water partition coefficient (Wildman–Crippen LogP) is 6.51. The van der Waals surface area contributed by atoms with Crippen molar-refractivity contribution in [3.05, 3.63) is 105 Å². The van der Waals surface area contributed by atoms with Gasteiger partial charge in [0.15, 0.2) is 46.1 Å². The first-order valence-corrected chi connectivity index (χ1v) is 17.0. The second-order valence-corrected chi connectivity index (χ2v) is 12.4. The molecular weight excluding hydrogens is 684 g/mol. The lowest BCUT2D eigenvalue weighted by atomic mass is 9.83. The molecule has 0 aliphatic heterocycles. The van der Waals surface area contributed by atoms with E-state index in [-0.39, 0.29) is 80.3 Å². The Balaban J connectivity index is 1.01. The summed E-state index contributed by atoms with van der Waals surface area (Å²) in [6, 6.07) is 15.1. The molecule has 4 aromatic rings. The SMILES string of the molecule is COc1ccc2c(c1)C(=O)c1ccc(OC)c(OC(=O)CCCCCCCC(=O)Oc3c(OC)ccc4c3C(=O)c3ccc(OC)cc3C4=O)c1C2=O. The van der Waals surface area contributed by atoms with Crippen LogP contribution >= 0.6 is 0 Å². The number of ketones is 4. The predicted molar refractivity (Wildman–Crippen MR) is 189 cm³/mol. The Morgan fingerprint density at radius 3 is 1.19 bits per heavy atom. The van der Waals surface area contributed by atoms with Crippen molar-refractivity contribution in [3.63, 3.8) is 0 Å². The summed E-state index contributed by atoms with van der Waals surface area (Å²) in [5, 5.41) is 0. The molecule has 6 rings (SSSR count). The number of rotatable bonds is 14. The van der Waals surface area contributed by atoms with Gasteiger partial charge in [-0.25, -0.2) is 0 Å². The first kappa shape index (κ1) is 36.5. The second-order valence-electron chi connectivity index (χ2n) is 12.4. The number of hydrogen-bond acceptors (Lipinski definition) is 12. The summed E-state index contributed by atoms with van der Waals surface area (Å²) in [5.41, 5.74) is 0.923. The van der Waals surface area contributed by atoms with E-state index in [1.807, 2.05) is 0 Å². The van der Waals surface area contributed by atoms with Crippen LogP contribution in [0.5, 0.6) is 34.5 Å². The molecule has 0 saturated heterocycles. The number of fused-ring (bicyclic) bond motifs is 4. The molecule has 2 aliphatic carbocycles. The molecule has 0 heterocycles. The molecule has 0 radical (unpaired) electrons. The van der Waals surface area contributed by atoms with Gasteiger partial charge in [-0.3, -0.25) is 28.8 Å². The van der Waals surface area contributed by atoms with E-state index in [0.717, 1.165) is 0 Å². The Morgan fingerprint density at radius 1 is 0.434 bits per heavy atom. The van der Waals surface area contributed by atoms with Gasteiger partial charge in [0.2, 0.25) is 0 Å². The van der Waals surface area contributed by atoms with Crippen LogP contribution in [0.25, 0.3) is 0 Å². The van der Waals surface area contributed by atoms with Crippen molar-refractivity contribution in [3.8, 4) is 34.5 Å². The number of carbonyl (C=O) groups is 6. The maximum Gasteiger partial charge on any atom is 0.311 e. The number of unbranched alkanes of at least 4 members (excludes halogenated alkanes) is 4. The van der Waals surface area contributed by atoms with Gasteiger partial charge >= 0.3 is 11.9 Å². The van der Waals surface area contributed by atoms with Gasteiger partial charge in [-0.15, -0.1) is 0 Å². The Labute approximate surface area is 304 Å². The van der Waals surface area contributed by atoms with E-state index in [0.29, 0.717) is 43.6 Å². The Kier molecular flexibility index (Phi) is 10.7. The third kappa shape index (κ3) is 6.99. The molecule has 12 nitrogen and oxygen atoms in total. The Bertz CT molecular complexity index is 2030. The lowest BCUT2D eigenvalue weighted by Crippen LogP contribution is -2.23. The maximum atomic E-state index is 13.5. The van der Waals surface area contributed by atoms with E-state index in [9.17, 15) is 28.8 Å². The standard InChI is InChI=1S/C41H36O12/c1-48-22-12-14-24-28(20-22)36(44)26-16-18-30(50-3)40(34(26)38(24)46)52-32(42)10-8-6-5-7-9-11-33(43)53-41-31(51-4)19-17-27-35(41)39(47)25-15-13-23(49-2)21-29(25)37(27)45/h12-21H,5-11H2,1-4H3. The van der Waals surface area contributed by atoms with Crippen LogP contribution in [0.3, 0.4) is 0 Å². The number of esters is 2. The van der Waals surface area contributed by atoms with Crippen LogP contribution in [0, 0.1) is 0 Å². The lowest BCUT2D eigenvalue weighted by molar-refractivity contribution is -0.135. The summed E-state index contributed by atoms with van der Waals surface area (Å²) >= 11 is 0. The van der Waals surface area contributed by atoms with Crippen molar-refractivity contribution in [2.45, 2.75) is 44.9 Å². The minimum absolute atomic E-state index is 0.0256. The second kappa shape index (κ2) is 15.5. The highest BCUT2D eigenvalue weighted by Crippen LogP contribution is 2.42. The van der Waals surface area contributed by atoms with Crippen LogP contribution in [-0.4, -0.2) is 63.5 Å². The lowest BCUT2D eigenvalue weighted by Gasteiger charge is -2.21. The molecule has 0 bridgehead atoms. The fourth-order valence-corrected chi connectivity index (χ4v) is 6.51. The van der Waals surface area contributed by atoms with E-state index >= 15 is 0 Å². The van der Waals surface area contributed by atoms with Gasteiger partial charge in [0.1, 0.15) is 11.5 Å². The summed E-state index contributed by atoms with van der Waals surface area (Å²) in [5.74, 6) is -1.91. The molecule has 0 amide bonds. The van der Waals surface area contributed by atoms with Crippen LogP contribution < -0.4 is 28.4 Å². The van der Waals surface area contributed by atoms with Crippen molar-refractivity contribution in [1.29, 1.82) is 0 Å². The largest absolute Gasteiger partial charge is 0.497 e. The van der Waals surface area contributed by atoms with Gasteiger partial charge in [-0.2, -0.15) is 0 Å². The summed E-state index contributed by atoms with van der Waals surface area (Å²) < 4.78 is 32.5. The minimum atomic E-state index is -0.587. The van der Waals surface area contributed by atoms with Gasteiger partial charge in [0, 0.05) is 46.2 Å². The van der Waals surface area contributed by atoms with E-state index in [2.05, 4.69) is 0 Å². The van der Waals surface area contributed by atoms with E-state index < -0.39 is 35.1 Å². The summed E-state index contributed by atoms with van der Waals surface area (Å²) in [6.07, 6.45) is 3.07. The average molecular weight is 721 g/mol. The van der Waals surface area contributed by atoms with Crippen LogP contribution in [0.1, 0.15) is 109 Å². The van der Waals surface area contributed by atoms with Crippen molar-refractivity contribution < 1.29 is 57.2 Å². The van der Waals surface area contributed by atoms with E-state index in [4.69, 9.17) is 28.4 Å². The fourth-order valence-electron chi connectivity index (χ4n) is 6.51. The number of ether oxygens (including phenoxy) is 6. The molecule has 53 heavy (non-hydrogen) atoms. The molecule has 2 aliphatic rings. The maximum absolute atomic E-state index is 13.5. The smallest absolute Gasteiger partial charge is 0.311 e. The number of methoxy groups -OCH3 is 4. The van der Waals surface area contributed by atoms with E-state index in [1.54, 1.807) is 12.1 Å². The minimum Gasteiger partial charge on any atom is -0.497 e. The first-order chi connectivity index (χ1) is 25.6. The number of hydrogen-bond donors (Lipinski definition) is 0. The Hall–Kier alpha value is -6.30. The normalized spacial score (nSPS) is 12.6. The van der Waals surface area contributed by atoms with Gasteiger partial charge in [0.05, 0.1) is 39.6 Å². The van der Waals surface area contributed by atoms with Crippen LogP contribution in [-0.2, 0) is 9.59 Å². The zero-order valence-corrected chi connectivity index (χ0v) is 29.6. The highest BCUT2D eigenvalue weighted by molar-refractivity contribution is 6.30. The molecule has 4 aromatic carbocycles. The van der Waals surface area contributed by atoms with Crippen LogP contribution in [0.2, 0.25) is 0 Å². The van der Waals surface area contributed by atoms with Crippen LogP contribution in [0.4, 0.5) is 0 Å². The number of carbonyl (C=O) groups excluding carboxylic acids is 6. The molecule has 0 fully saturated rings. The van der Waals surface area contributed by atoms with Crippen LogP contribution in [0.15, 0.2) is 60.7 Å². The third-order valence-electron chi connectivity index (χ3n) is 9.25. The van der Waals surface area contributed by atoms with Crippen molar-refractivity contribution in [2.24, 2.45) is 0 Å². The van der Waals surface area contributed by atoms with Crippen molar-refractivity contribution in [1.82, 2.24) is 0 Å². The monoisotopic (exact) mass is 720 g/mol. The quantitative estimate of drug-likeness (QED) is 0.0683. The average Bonchev–Trinajstić information content (AvgIpc) is 3.17. The summed E-state index contributed by atoms with van der Waals surface area (Å²) in [7, 11) is 5.69. The molecule has 0 spiro atoms. The van der Waals surface area contributed by atoms with Crippen molar-refractivity contribution >= 4 is 35.1 Å². The zero-order chi connectivity index (χ0) is 37.8. The summed E-state index contributed by atoms with van der Waals surface area (Å²) in [4.78, 5) is 79.5. The van der Waals surface area contributed by atoms with Gasteiger partial charge in [0.25, 0.3) is 0 Å². The molecule has 0 aromatic heterocycles. The Morgan fingerprint density at radius 2 is 0.811 bits per heavy atom. The van der Waals surface area contributed by atoms with E-state index in [1.165, 1.54) is 77.0 Å². The van der Waals surface area contributed by atoms with Crippen molar-refractivity contribution in [2.75, 3.05) is 28.4 Å². The number of benzene rings is 4. The molecule has 0 saturated carbocycles. The molecule has 272 valence electrons. The molecule has 0 N–H and O–H groups in total.